The number of benzene rings is 1. The molecule has 1 saturated carbocycles. The van der Waals surface area contributed by atoms with Crippen molar-refractivity contribution < 1.29 is 9.84 Å². The van der Waals surface area contributed by atoms with Gasteiger partial charge in [-0.1, -0.05) is 18.0 Å². The monoisotopic (exact) mass is 348 g/mol. The molecule has 1 fully saturated rings. The molecule has 4 N–H and O–H groups in total. The van der Waals surface area contributed by atoms with Gasteiger partial charge in [0.1, 0.15) is 5.75 Å². The third-order valence-corrected chi connectivity index (χ3v) is 4.45. The van der Waals surface area contributed by atoms with Crippen molar-refractivity contribution in [2.24, 2.45) is 5.92 Å². The fraction of sp³-hybridized carbons (Fsp3) is 0.412. The van der Waals surface area contributed by atoms with E-state index in [1.807, 2.05) is 0 Å². The number of nitrogens with one attached hydrogen (secondary N) is 1. The van der Waals surface area contributed by atoms with E-state index < -0.39 is 0 Å². The lowest BCUT2D eigenvalue weighted by Crippen LogP contribution is -2.29. The van der Waals surface area contributed by atoms with E-state index in [-0.39, 0.29) is 18.6 Å². The van der Waals surface area contributed by atoms with Crippen LogP contribution in [0.25, 0.3) is 0 Å². The molecule has 24 heavy (non-hydrogen) atoms. The molecule has 0 radical (unpaired) electrons. The van der Waals surface area contributed by atoms with Gasteiger partial charge in [-0.15, -0.1) is 0 Å². The number of nitrogens with zero attached hydrogens (tertiary/aromatic N) is 2. The van der Waals surface area contributed by atoms with E-state index >= 15 is 0 Å². The molecule has 3 rings (SSSR count). The Hall–Kier alpha value is -2.05. The summed E-state index contributed by atoms with van der Waals surface area (Å²) in [5, 5.41) is 13.4. The number of halogens is 1. The van der Waals surface area contributed by atoms with Gasteiger partial charge in [0.05, 0.1) is 6.20 Å². The summed E-state index contributed by atoms with van der Waals surface area (Å²) in [6, 6.07) is 7.32. The lowest BCUT2D eigenvalue weighted by atomic mass is 9.86. The van der Waals surface area contributed by atoms with E-state index in [4.69, 9.17) is 22.1 Å². The molecule has 2 atom stereocenters. The molecule has 6 nitrogen and oxygen atoms in total. The van der Waals surface area contributed by atoms with Crippen LogP contribution in [-0.2, 0) is 0 Å². The fourth-order valence-electron chi connectivity index (χ4n) is 2.97. The van der Waals surface area contributed by atoms with Gasteiger partial charge in [-0.3, -0.25) is 0 Å². The van der Waals surface area contributed by atoms with Crippen LogP contribution in [-0.4, -0.2) is 27.7 Å². The highest BCUT2D eigenvalue weighted by Crippen LogP contribution is 2.32. The SMILES string of the molecule is Nc1ncc(Oc2ccc(Cl)cc2)c(N[C@@H]2CCC[C@@H](CO)C2)n1. The first-order valence-corrected chi connectivity index (χ1v) is 8.45. The zero-order chi connectivity index (χ0) is 16.9. The molecule has 1 aliphatic rings. The van der Waals surface area contributed by atoms with Gasteiger partial charge in [0.15, 0.2) is 11.6 Å². The molecule has 0 bridgehead atoms. The minimum atomic E-state index is 0.190. The number of ether oxygens (including phenoxy) is 1. The van der Waals surface area contributed by atoms with Crippen LogP contribution < -0.4 is 15.8 Å². The smallest absolute Gasteiger partial charge is 0.222 e. The second-order valence-corrected chi connectivity index (χ2v) is 6.49. The van der Waals surface area contributed by atoms with E-state index in [9.17, 15) is 5.11 Å². The van der Waals surface area contributed by atoms with Crippen molar-refractivity contribution >= 4 is 23.4 Å². The summed E-state index contributed by atoms with van der Waals surface area (Å²) >= 11 is 5.89. The molecular weight excluding hydrogens is 328 g/mol. The first-order chi connectivity index (χ1) is 11.6. The number of aliphatic hydroxyl groups excluding tert-OH is 1. The lowest BCUT2D eigenvalue weighted by molar-refractivity contribution is 0.184. The Labute approximate surface area is 146 Å². The summed E-state index contributed by atoms with van der Waals surface area (Å²) in [4.78, 5) is 8.29. The van der Waals surface area contributed by atoms with Crippen molar-refractivity contribution in [3.05, 3.63) is 35.5 Å². The molecule has 1 aromatic heterocycles. The van der Waals surface area contributed by atoms with Crippen LogP contribution in [0.4, 0.5) is 11.8 Å². The summed E-state index contributed by atoms with van der Waals surface area (Å²) in [6.45, 7) is 0.220. The Balaban J connectivity index is 1.76. The number of hydrogen-bond acceptors (Lipinski definition) is 6. The van der Waals surface area contributed by atoms with E-state index in [1.165, 1.54) is 0 Å². The van der Waals surface area contributed by atoms with Crippen molar-refractivity contribution in [1.29, 1.82) is 0 Å². The Morgan fingerprint density at radius 3 is 2.83 bits per heavy atom. The molecule has 0 unspecified atom stereocenters. The number of rotatable bonds is 5. The zero-order valence-electron chi connectivity index (χ0n) is 13.3. The topological polar surface area (TPSA) is 93.3 Å². The van der Waals surface area contributed by atoms with Gasteiger partial charge in [-0.2, -0.15) is 4.98 Å². The van der Waals surface area contributed by atoms with Crippen LogP contribution in [0, 0.1) is 5.92 Å². The zero-order valence-corrected chi connectivity index (χ0v) is 14.0. The normalized spacial score (nSPS) is 20.6. The maximum Gasteiger partial charge on any atom is 0.222 e. The van der Waals surface area contributed by atoms with Crippen LogP contribution in [0.1, 0.15) is 25.7 Å². The van der Waals surface area contributed by atoms with Crippen molar-refractivity contribution in [1.82, 2.24) is 9.97 Å². The van der Waals surface area contributed by atoms with Gasteiger partial charge >= 0.3 is 0 Å². The quantitative estimate of drug-likeness (QED) is 0.766. The number of nitrogen functional groups attached to an aromatic ring is 1. The van der Waals surface area contributed by atoms with Crippen LogP contribution in [0.5, 0.6) is 11.5 Å². The van der Waals surface area contributed by atoms with Crippen molar-refractivity contribution in [3.63, 3.8) is 0 Å². The third-order valence-electron chi connectivity index (χ3n) is 4.20. The molecule has 1 aliphatic carbocycles. The van der Waals surface area contributed by atoms with Gasteiger partial charge in [-0.25, -0.2) is 4.98 Å². The van der Waals surface area contributed by atoms with Gasteiger partial charge in [0.25, 0.3) is 0 Å². The maximum atomic E-state index is 9.38. The maximum absolute atomic E-state index is 9.38. The third kappa shape index (κ3) is 4.27. The summed E-state index contributed by atoms with van der Waals surface area (Å²) < 4.78 is 5.86. The molecule has 7 heteroatoms. The van der Waals surface area contributed by atoms with E-state index in [0.29, 0.717) is 28.3 Å². The predicted octanol–water partition coefficient (Wildman–Crippen LogP) is 3.47. The molecule has 0 spiro atoms. The second-order valence-electron chi connectivity index (χ2n) is 6.05. The fourth-order valence-corrected chi connectivity index (χ4v) is 3.10. The Kier molecular flexibility index (Phi) is 5.37. The molecule has 0 saturated heterocycles. The first-order valence-electron chi connectivity index (χ1n) is 8.07. The van der Waals surface area contributed by atoms with Crippen LogP contribution in [0.15, 0.2) is 30.5 Å². The highest BCUT2D eigenvalue weighted by molar-refractivity contribution is 6.30. The standard InChI is InChI=1S/C17H21ClN4O2/c18-12-4-6-14(7-5-12)24-15-9-20-17(19)22-16(15)21-13-3-1-2-11(8-13)10-23/h4-7,9,11,13,23H,1-3,8,10H2,(H3,19,20,21,22)/t11-,13-/m1/s1. The van der Waals surface area contributed by atoms with Crippen LogP contribution in [0.2, 0.25) is 5.02 Å². The predicted molar refractivity (Wildman–Crippen MR) is 94.4 cm³/mol. The molecule has 0 amide bonds. The van der Waals surface area contributed by atoms with Crippen molar-refractivity contribution in [3.8, 4) is 11.5 Å². The molecule has 128 valence electrons. The van der Waals surface area contributed by atoms with Gasteiger partial charge in [0, 0.05) is 17.7 Å². The molecule has 1 aromatic carbocycles. The van der Waals surface area contributed by atoms with Crippen LogP contribution in [0.3, 0.4) is 0 Å². The lowest BCUT2D eigenvalue weighted by Gasteiger charge is -2.29. The number of hydrogen-bond donors (Lipinski definition) is 3. The first kappa shape index (κ1) is 16.8. The Bertz CT molecular complexity index is 681. The van der Waals surface area contributed by atoms with E-state index in [2.05, 4.69) is 15.3 Å². The summed E-state index contributed by atoms with van der Waals surface area (Å²) in [7, 11) is 0. The number of aromatic nitrogens is 2. The van der Waals surface area contributed by atoms with Crippen molar-refractivity contribution in [2.75, 3.05) is 17.7 Å². The van der Waals surface area contributed by atoms with Gasteiger partial charge in [-0.05, 0) is 49.4 Å². The van der Waals surface area contributed by atoms with Gasteiger partial charge in [0.2, 0.25) is 5.95 Å². The minimum absolute atomic E-state index is 0.190. The molecule has 2 aromatic rings. The number of aliphatic hydroxyl groups is 1. The van der Waals surface area contributed by atoms with E-state index in [0.717, 1.165) is 25.7 Å². The van der Waals surface area contributed by atoms with Crippen molar-refractivity contribution in [2.45, 2.75) is 31.7 Å². The summed E-state index contributed by atoms with van der Waals surface area (Å²) in [5.74, 6) is 2.25. The summed E-state index contributed by atoms with van der Waals surface area (Å²) in [6.07, 6.45) is 5.64. The summed E-state index contributed by atoms with van der Waals surface area (Å²) in [5.41, 5.74) is 5.72. The molecule has 0 aliphatic heterocycles. The highest BCUT2D eigenvalue weighted by Gasteiger charge is 2.23. The number of anilines is 2. The Morgan fingerprint density at radius 2 is 2.08 bits per heavy atom. The minimum Gasteiger partial charge on any atom is -0.452 e. The van der Waals surface area contributed by atoms with E-state index in [1.54, 1.807) is 30.5 Å². The Morgan fingerprint density at radius 1 is 1.29 bits per heavy atom. The number of nitrogens with two attached hydrogens (primary N) is 1. The van der Waals surface area contributed by atoms with Crippen LogP contribution >= 0.6 is 11.6 Å². The van der Waals surface area contributed by atoms with Gasteiger partial charge < -0.3 is 20.9 Å². The largest absolute Gasteiger partial charge is 0.452 e. The second kappa shape index (κ2) is 7.68. The highest BCUT2D eigenvalue weighted by atomic mass is 35.5. The molecule has 1 heterocycles. The average molecular weight is 349 g/mol. The average Bonchev–Trinajstić information content (AvgIpc) is 2.59. The molecular formula is C17H21ClN4O2.